The van der Waals surface area contributed by atoms with Crippen LogP contribution < -0.4 is 11.1 Å². The molecule has 0 spiro atoms. The summed E-state index contributed by atoms with van der Waals surface area (Å²) >= 11 is 0. The molecule has 7 heteroatoms. The van der Waals surface area contributed by atoms with Gasteiger partial charge in [0.1, 0.15) is 5.69 Å². The van der Waals surface area contributed by atoms with Crippen LogP contribution in [-0.4, -0.2) is 48.6 Å². The normalized spacial score (nSPS) is 20.6. The molecule has 2 heterocycles. The standard InChI is InChI=1S/C9H14N4O3/c10-7-4-12-13-8(7)9(14)11-3-6-5-15-1-2-16-6/h4,6H,1-3,5,10H2,(H,11,14)(H,12,13). The zero-order valence-corrected chi connectivity index (χ0v) is 8.73. The van der Waals surface area contributed by atoms with E-state index in [1.54, 1.807) is 0 Å². The Morgan fingerprint density at radius 3 is 3.19 bits per heavy atom. The highest BCUT2D eigenvalue weighted by Gasteiger charge is 2.17. The molecule has 0 bridgehead atoms. The smallest absolute Gasteiger partial charge is 0.271 e. The van der Waals surface area contributed by atoms with E-state index < -0.39 is 0 Å². The first kappa shape index (κ1) is 10.9. The van der Waals surface area contributed by atoms with Crippen LogP contribution in [0.2, 0.25) is 0 Å². The van der Waals surface area contributed by atoms with Gasteiger partial charge >= 0.3 is 0 Å². The molecule has 1 aliphatic rings. The molecule has 2 rings (SSSR count). The lowest BCUT2D eigenvalue weighted by atomic mass is 10.3. The Hall–Kier alpha value is -1.60. The minimum atomic E-state index is -0.288. The molecule has 1 saturated heterocycles. The molecule has 4 N–H and O–H groups in total. The van der Waals surface area contributed by atoms with Gasteiger partial charge in [-0.15, -0.1) is 0 Å². The second-order valence-electron chi connectivity index (χ2n) is 3.48. The van der Waals surface area contributed by atoms with Gasteiger partial charge in [-0.25, -0.2) is 0 Å². The fraction of sp³-hybridized carbons (Fsp3) is 0.556. The topological polar surface area (TPSA) is 102 Å². The Kier molecular flexibility index (Phi) is 3.37. The average Bonchev–Trinajstić information content (AvgIpc) is 2.74. The van der Waals surface area contributed by atoms with Crippen molar-refractivity contribution in [2.45, 2.75) is 6.10 Å². The summed E-state index contributed by atoms with van der Waals surface area (Å²) in [4.78, 5) is 11.6. The molecule has 0 saturated carbocycles. The van der Waals surface area contributed by atoms with Gasteiger partial charge in [-0.1, -0.05) is 0 Å². The molecule has 1 aromatic rings. The highest BCUT2D eigenvalue weighted by molar-refractivity contribution is 5.96. The second-order valence-corrected chi connectivity index (χ2v) is 3.48. The minimum absolute atomic E-state index is 0.0955. The number of hydrogen-bond acceptors (Lipinski definition) is 5. The van der Waals surface area contributed by atoms with Crippen molar-refractivity contribution < 1.29 is 14.3 Å². The van der Waals surface area contributed by atoms with Crippen molar-refractivity contribution in [3.63, 3.8) is 0 Å². The molecule has 88 valence electrons. The molecule has 16 heavy (non-hydrogen) atoms. The van der Waals surface area contributed by atoms with Crippen LogP contribution in [0, 0.1) is 0 Å². The Morgan fingerprint density at radius 2 is 2.56 bits per heavy atom. The first-order chi connectivity index (χ1) is 7.77. The first-order valence-corrected chi connectivity index (χ1v) is 5.04. The minimum Gasteiger partial charge on any atom is -0.396 e. The van der Waals surface area contributed by atoms with Crippen LogP contribution in [0.1, 0.15) is 10.5 Å². The maximum Gasteiger partial charge on any atom is 0.271 e. The van der Waals surface area contributed by atoms with Gasteiger partial charge in [-0.2, -0.15) is 5.10 Å². The number of anilines is 1. The van der Waals surface area contributed by atoms with Gasteiger partial charge in [0.2, 0.25) is 0 Å². The number of nitrogens with zero attached hydrogens (tertiary/aromatic N) is 1. The Labute approximate surface area is 92.3 Å². The summed E-state index contributed by atoms with van der Waals surface area (Å²) in [6.45, 7) is 2.07. The van der Waals surface area contributed by atoms with Crippen LogP contribution in [0.5, 0.6) is 0 Å². The lowest BCUT2D eigenvalue weighted by Crippen LogP contribution is -2.39. The maximum atomic E-state index is 11.6. The molecule has 0 radical (unpaired) electrons. The summed E-state index contributed by atoms with van der Waals surface area (Å²) in [5.74, 6) is -0.288. The maximum absolute atomic E-state index is 11.6. The molecule has 0 aliphatic carbocycles. The number of nitrogens with one attached hydrogen (secondary N) is 2. The number of aromatic amines is 1. The fourth-order valence-electron chi connectivity index (χ4n) is 1.43. The molecule has 1 fully saturated rings. The molecule has 1 unspecified atom stereocenters. The average molecular weight is 226 g/mol. The lowest BCUT2D eigenvalue weighted by molar-refractivity contribution is -0.0855. The van der Waals surface area contributed by atoms with Gasteiger partial charge in [0.15, 0.2) is 0 Å². The molecule has 1 aliphatic heterocycles. The zero-order valence-electron chi connectivity index (χ0n) is 8.73. The Morgan fingerprint density at radius 1 is 1.69 bits per heavy atom. The van der Waals surface area contributed by atoms with Crippen LogP contribution in [0.25, 0.3) is 0 Å². The molecule has 7 nitrogen and oxygen atoms in total. The van der Waals surface area contributed by atoms with E-state index in [9.17, 15) is 4.79 Å². The van der Waals surface area contributed by atoms with E-state index in [0.29, 0.717) is 32.1 Å². The summed E-state index contributed by atoms with van der Waals surface area (Å²) in [6.07, 6.45) is 1.30. The van der Waals surface area contributed by atoms with Gasteiger partial charge in [-0.3, -0.25) is 9.89 Å². The van der Waals surface area contributed by atoms with E-state index in [1.807, 2.05) is 0 Å². The third-order valence-corrected chi connectivity index (χ3v) is 2.27. The van der Waals surface area contributed by atoms with Crippen molar-refractivity contribution in [3.8, 4) is 0 Å². The number of carbonyl (C=O) groups excluding carboxylic acids is 1. The third kappa shape index (κ3) is 2.50. The van der Waals surface area contributed by atoms with E-state index in [4.69, 9.17) is 15.2 Å². The van der Waals surface area contributed by atoms with Gasteiger partial charge in [-0.05, 0) is 0 Å². The Bertz CT molecular complexity index is 359. The van der Waals surface area contributed by atoms with Gasteiger partial charge in [0, 0.05) is 6.54 Å². The highest BCUT2D eigenvalue weighted by Crippen LogP contribution is 2.05. The lowest BCUT2D eigenvalue weighted by Gasteiger charge is -2.22. The number of aromatic nitrogens is 2. The Balaban J connectivity index is 1.81. The molecule has 1 amide bonds. The van der Waals surface area contributed by atoms with Crippen molar-refractivity contribution in [3.05, 3.63) is 11.9 Å². The van der Waals surface area contributed by atoms with Crippen molar-refractivity contribution in [2.75, 3.05) is 32.1 Å². The largest absolute Gasteiger partial charge is 0.396 e. The molecule has 1 aromatic heterocycles. The monoisotopic (exact) mass is 226 g/mol. The molecular formula is C9H14N4O3. The van der Waals surface area contributed by atoms with E-state index in [2.05, 4.69) is 15.5 Å². The number of H-pyrrole nitrogens is 1. The number of carbonyl (C=O) groups is 1. The number of hydrogen-bond donors (Lipinski definition) is 3. The van der Waals surface area contributed by atoms with Crippen molar-refractivity contribution in [2.24, 2.45) is 0 Å². The highest BCUT2D eigenvalue weighted by atomic mass is 16.6. The predicted octanol–water partition coefficient (Wildman–Crippen LogP) is -0.863. The molecule has 1 atom stereocenters. The summed E-state index contributed by atoms with van der Waals surface area (Å²) < 4.78 is 10.6. The van der Waals surface area contributed by atoms with Crippen molar-refractivity contribution in [1.82, 2.24) is 15.5 Å². The van der Waals surface area contributed by atoms with E-state index >= 15 is 0 Å². The van der Waals surface area contributed by atoms with Crippen LogP contribution in [0.3, 0.4) is 0 Å². The van der Waals surface area contributed by atoms with Crippen LogP contribution in [-0.2, 0) is 9.47 Å². The molecule has 0 aromatic carbocycles. The summed E-state index contributed by atoms with van der Waals surface area (Å²) in [5, 5.41) is 8.91. The quantitative estimate of drug-likeness (QED) is 0.622. The van der Waals surface area contributed by atoms with Crippen LogP contribution in [0.15, 0.2) is 6.20 Å². The van der Waals surface area contributed by atoms with Crippen molar-refractivity contribution >= 4 is 11.6 Å². The zero-order chi connectivity index (χ0) is 11.4. The van der Waals surface area contributed by atoms with E-state index in [1.165, 1.54) is 6.20 Å². The van der Waals surface area contributed by atoms with Gasteiger partial charge in [0.25, 0.3) is 5.91 Å². The molecular weight excluding hydrogens is 212 g/mol. The number of nitrogen functional groups attached to an aromatic ring is 1. The van der Waals surface area contributed by atoms with Crippen LogP contribution in [0.4, 0.5) is 5.69 Å². The number of nitrogens with two attached hydrogens (primary N) is 1. The summed E-state index contributed by atoms with van der Waals surface area (Å²) in [7, 11) is 0. The van der Waals surface area contributed by atoms with E-state index in [0.717, 1.165) is 0 Å². The first-order valence-electron chi connectivity index (χ1n) is 5.04. The van der Waals surface area contributed by atoms with Gasteiger partial charge < -0.3 is 20.5 Å². The van der Waals surface area contributed by atoms with Crippen LogP contribution >= 0.6 is 0 Å². The summed E-state index contributed by atoms with van der Waals surface area (Å²) in [6, 6.07) is 0. The van der Waals surface area contributed by atoms with Gasteiger partial charge in [0.05, 0.1) is 37.8 Å². The second kappa shape index (κ2) is 4.95. The van der Waals surface area contributed by atoms with Crippen molar-refractivity contribution in [1.29, 1.82) is 0 Å². The number of amides is 1. The fourth-order valence-corrected chi connectivity index (χ4v) is 1.43. The van der Waals surface area contributed by atoms with E-state index in [-0.39, 0.29) is 17.7 Å². The summed E-state index contributed by atoms with van der Waals surface area (Å²) in [5.41, 5.74) is 6.15. The SMILES string of the molecule is Nc1cn[nH]c1C(=O)NCC1COCCO1. The number of ether oxygens (including phenoxy) is 2. The third-order valence-electron chi connectivity index (χ3n) is 2.27. The predicted molar refractivity (Wildman–Crippen MR) is 55.9 cm³/mol. The number of rotatable bonds is 3.